The van der Waals surface area contributed by atoms with Gasteiger partial charge in [0.1, 0.15) is 0 Å². The highest BCUT2D eigenvalue weighted by Crippen LogP contribution is 2.47. The van der Waals surface area contributed by atoms with E-state index in [2.05, 4.69) is 10.3 Å². The Labute approximate surface area is 132 Å². The molecule has 0 heterocycles. The number of amidine groups is 1. The minimum Gasteiger partial charge on any atom is -0.361 e. The van der Waals surface area contributed by atoms with Gasteiger partial charge in [-0.15, -0.1) is 0 Å². The number of rotatable bonds is 6. The van der Waals surface area contributed by atoms with Crippen LogP contribution in [0.2, 0.25) is 0 Å². The van der Waals surface area contributed by atoms with Crippen LogP contribution in [0.25, 0.3) is 0 Å². The molecular weight excluding hydrogens is 299 g/mol. The van der Waals surface area contributed by atoms with Crippen LogP contribution in [0.1, 0.15) is 37.7 Å². The summed E-state index contributed by atoms with van der Waals surface area (Å²) in [6.07, 6.45) is 5.78. The molecule has 0 aliphatic heterocycles. The fourth-order valence-corrected chi connectivity index (χ4v) is 3.72. The van der Waals surface area contributed by atoms with Crippen molar-refractivity contribution in [2.24, 2.45) is 4.99 Å². The number of hydrogen-bond acceptors (Lipinski definition) is 4. The van der Waals surface area contributed by atoms with Crippen molar-refractivity contribution in [3.05, 3.63) is 35.9 Å². The summed E-state index contributed by atoms with van der Waals surface area (Å²) in [5, 5.41) is 3.31. The zero-order valence-electron chi connectivity index (χ0n) is 13.3. The molecule has 1 fully saturated rings. The molecule has 5 nitrogen and oxygen atoms in total. The Morgan fingerprint density at radius 3 is 2.41 bits per heavy atom. The molecule has 1 aromatic carbocycles. The summed E-state index contributed by atoms with van der Waals surface area (Å²) in [6.45, 7) is 0.451. The van der Waals surface area contributed by atoms with Crippen LogP contribution in [0.3, 0.4) is 0 Å². The molecule has 0 amide bonds. The molecule has 0 radical (unpaired) electrons. The predicted octanol–water partition coefficient (Wildman–Crippen LogP) is 3.95. The zero-order valence-corrected chi connectivity index (χ0v) is 14.2. The molecule has 0 saturated heterocycles. The molecule has 6 heteroatoms. The molecule has 1 aromatic rings. The Morgan fingerprint density at radius 1 is 1.18 bits per heavy atom. The summed E-state index contributed by atoms with van der Waals surface area (Å²) in [6, 6.07) is 10.2. The maximum Gasteiger partial charge on any atom is 0.395 e. The van der Waals surface area contributed by atoms with Crippen LogP contribution in [-0.2, 0) is 20.2 Å². The van der Waals surface area contributed by atoms with E-state index in [1.807, 2.05) is 30.3 Å². The molecule has 0 unspecified atom stereocenters. The fraction of sp³-hybridized carbons (Fsp3) is 0.562. The van der Waals surface area contributed by atoms with Crippen LogP contribution in [0, 0.1) is 0 Å². The van der Waals surface area contributed by atoms with Gasteiger partial charge < -0.3 is 14.4 Å². The van der Waals surface area contributed by atoms with Crippen molar-refractivity contribution in [2.75, 3.05) is 14.2 Å². The largest absolute Gasteiger partial charge is 0.395 e. The van der Waals surface area contributed by atoms with Gasteiger partial charge in [-0.2, -0.15) is 0 Å². The second-order valence-electron chi connectivity index (χ2n) is 5.47. The van der Waals surface area contributed by atoms with Gasteiger partial charge >= 0.3 is 7.60 Å². The van der Waals surface area contributed by atoms with Crippen LogP contribution in [0.4, 0.5) is 0 Å². The van der Waals surface area contributed by atoms with E-state index in [0.717, 1.165) is 18.4 Å². The minimum atomic E-state index is -3.36. The summed E-state index contributed by atoms with van der Waals surface area (Å²) < 4.78 is 22.9. The number of benzene rings is 1. The van der Waals surface area contributed by atoms with E-state index in [1.54, 1.807) is 0 Å². The predicted molar refractivity (Wildman–Crippen MR) is 89.2 cm³/mol. The topological polar surface area (TPSA) is 59.9 Å². The molecule has 2 rings (SSSR count). The summed E-state index contributed by atoms with van der Waals surface area (Å²) >= 11 is 0. The monoisotopic (exact) mass is 324 g/mol. The quantitative estimate of drug-likeness (QED) is 0.489. The molecule has 0 bridgehead atoms. The molecule has 1 aliphatic carbocycles. The van der Waals surface area contributed by atoms with E-state index < -0.39 is 7.60 Å². The van der Waals surface area contributed by atoms with Crippen molar-refractivity contribution in [3.63, 3.8) is 0 Å². The third-order valence-electron chi connectivity index (χ3n) is 3.93. The number of aliphatic imine (C=N–C) groups is 1. The highest BCUT2D eigenvalue weighted by molar-refractivity contribution is 7.72. The molecule has 0 spiro atoms. The van der Waals surface area contributed by atoms with Gasteiger partial charge in [-0.25, -0.2) is 0 Å². The first kappa shape index (κ1) is 17.2. The molecule has 0 aromatic heterocycles. The first-order valence-electron chi connectivity index (χ1n) is 7.75. The van der Waals surface area contributed by atoms with E-state index in [0.29, 0.717) is 18.2 Å². The molecule has 1 saturated carbocycles. The van der Waals surface area contributed by atoms with Crippen LogP contribution >= 0.6 is 7.60 Å². The summed E-state index contributed by atoms with van der Waals surface area (Å²) in [7, 11) is -0.569. The van der Waals surface area contributed by atoms with Gasteiger partial charge in [0, 0.05) is 20.3 Å². The lowest BCUT2D eigenvalue weighted by molar-refractivity contribution is 0.287. The second kappa shape index (κ2) is 8.47. The third kappa shape index (κ3) is 4.67. The van der Waals surface area contributed by atoms with Crippen molar-refractivity contribution >= 4 is 13.2 Å². The number of hydrogen-bond donors (Lipinski definition) is 1. The second-order valence-corrected chi connectivity index (χ2v) is 7.62. The number of nitrogens with zero attached hydrogens (tertiary/aromatic N) is 1. The molecular formula is C16H25N2O3P. The highest BCUT2D eigenvalue weighted by atomic mass is 31.2. The van der Waals surface area contributed by atoms with Crippen molar-refractivity contribution in [3.8, 4) is 0 Å². The summed E-state index contributed by atoms with van der Waals surface area (Å²) in [4.78, 5) is 4.49. The summed E-state index contributed by atoms with van der Waals surface area (Å²) in [5.74, 6) is 0. The maximum atomic E-state index is 12.7. The van der Waals surface area contributed by atoms with Gasteiger partial charge in [-0.05, 0) is 18.4 Å². The van der Waals surface area contributed by atoms with Gasteiger partial charge in [0.2, 0.25) is 5.58 Å². The van der Waals surface area contributed by atoms with Crippen LogP contribution < -0.4 is 5.32 Å². The minimum absolute atomic E-state index is 0.293. The molecule has 22 heavy (non-hydrogen) atoms. The van der Waals surface area contributed by atoms with Crippen LogP contribution in [-0.4, -0.2) is 25.8 Å². The van der Waals surface area contributed by atoms with Crippen molar-refractivity contribution in [1.29, 1.82) is 0 Å². The molecule has 1 aliphatic rings. The Morgan fingerprint density at radius 2 is 1.82 bits per heavy atom. The Kier molecular flexibility index (Phi) is 6.62. The van der Waals surface area contributed by atoms with Gasteiger partial charge in [0.05, 0.1) is 6.54 Å². The standard InChI is InChI=1S/C16H25N2O3P/c1-20-22(19,21-2)16(18-15-11-7-4-8-12-15)17-13-14-9-5-3-6-10-14/h3,5-6,9-10,15H,4,7-8,11-13H2,1-2H3,(H,17,18). The summed E-state index contributed by atoms with van der Waals surface area (Å²) in [5.41, 5.74) is 1.40. The Bertz CT molecular complexity index is 519. The van der Waals surface area contributed by atoms with Gasteiger partial charge in [0.25, 0.3) is 0 Å². The van der Waals surface area contributed by atoms with Crippen molar-refractivity contribution in [2.45, 2.75) is 44.7 Å². The molecule has 1 N–H and O–H groups in total. The Hall–Kier alpha value is -1.16. The van der Waals surface area contributed by atoms with E-state index in [-0.39, 0.29) is 0 Å². The van der Waals surface area contributed by atoms with Crippen molar-refractivity contribution < 1.29 is 13.6 Å². The lowest BCUT2D eigenvalue weighted by Crippen LogP contribution is -2.36. The van der Waals surface area contributed by atoms with E-state index in [9.17, 15) is 4.57 Å². The average Bonchev–Trinajstić information content (AvgIpc) is 2.59. The van der Waals surface area contributed by atoms with Gasteiger partial charge in [-0.1, -0.05) is 49.6 Å². The third-order valence-corrected chi connectivity index (χ3v) is 5.68. The molecule has 122 valence electrons. The van der Waals surface area contributed by atoms with E-state index in [1.165, 1.54) is 33.5 Å². The van der Waals surface area contributed by atoms with E-state index >= 15 is 0 Å². The SMILES string of the molecule is COP(=O)(OC)C(=NCc1ccccc1)NC1CCCCC1. The van der Waals surface area contributed by atoms with Gasteiger partial charge in [-0.3, -0.25) is 9.56 Å². The zero-order chi connectivity index (χ0) is 15.8. The fourth-order valence-electron chi connectivity index (χ4n) is 2.64. The van der Waals surface area contributed by atoms with E-state index in [4.69, 9.17) is 9.05 Å². The lowest BCUT2D eigenvalue weighted by Gasteiger charge is -2.26. The molecule has 0 atom stereocenters. The average molecular weight is 324 g/mol. The van der Waals surface area contributed by atoms with Crippen LogP contribution in [0.5, 0.6) is 0 Å². The van der Waals surface area contributed by atoms with Crippen LogP contribution in [0.15, 0.2) is 35.3 Å². The normalized spacial score (nSPS) is 17.5. The van der Waals surface area contributed by atoms with Gasteiger partial charge in [0.15, 0.2) is 0 Å². The van der Waals surface area contributed by atoms with Crippen molar-refractivity contribution in [1.82, 2.24) is 5.32 Å². The Balaban J connectivity index is 2.14. The lowest BCUT2D eigenvalue weighted by atomic mass is 9.96. The smallest absolute Gasteiger partial charge is 0.361 e. The first-order chi connectivity index (χ1) is 10.7. The number of nitrogens with one attached hydrogen (secondary N) is 1. The highest BCUT2D eigenvalue weighted by Gasteiger charge is 2.31. The maximum absolute atomic E-state index is 12.7. The first-order valence-corrected chi connectivity index (χ1v) is 9.29.